The number of fused-ring (bicyclic) bond motifs is 3. The van der Waals surface area contributed by atoms with E-state index in [4.69, 9.17) is 0 Å². The number of benzene rings is 1. The highest BCUT2D eigenvalue weighted by molar-refractivity contribution is 7.99. The first-order valence-corrected chi connectivity index (χ1v) is 12.4. The smallest absolute Gasteiger partial charge is 0.260 e. The number of nitrogens with one attached hydrogen (secondary N) is 2. The van der Waals surface area contributed by atoms with Crippen molar-refractivity contribution in [1.29, 1.82) is 0 Å². The molecule has 0 atom stereocenters. The molecule has 10 heteroatoms. The molecule has 0 saturated heterocycles. The minimum Gasteiger partial charge on any atom is -0.301 e. The van der Waals surface area contributed by atoms with Crippen molar-refractivity contribution in [3.05, 3.63) is 56.3 Å². The van der Waals surface area contributed by atoms with Crippen molar-refractivity contribution in [1.82, 2.24) is 15.0 Å². The van der Waals surface area contributed by atoms with E-state index in [1.54, 1.807) is 23.5 Å². The van der Waals surface area contributed by atoms with Gasteiger partial charge in [-0.25, -0.2) is 14.4 Å². The molecule has 0 spiro atoms. The number of amides is 1. The molecule has 2 N–H and O–H groups in total. The molecule has 1 aromatic carbocycles. The van der Waals surface area contributed by atoms with Gasteiger partial charge < -0.3 is 10.3 Å². The molecule has 31 heavy (non-hydrogen) atoms. The Morgan fingerprint density at radius 3 is 2.84 bits per heavy atom. The first-order valence-electron chi connectivity index (χ1n) is 9.75. The molecule has 0 fully saturated rings. The zero-order valence-corrected chi connectivity index (χ0v) is 18.7. The standard InChI is InChI=1S/C21H17FN4O2S3/c22-12-7-5-11(6-8-12)14-9-29-20(23-14)24-16(27)10-30-21-25-18(28)17-13-3-1-2-4-15(13)31-19(17)26-21/h5-9H,1-4,10H2,(H,23,24,27)(H,25,26,28). The lowest BCUT2D eigenvalue weighted by Gasteiger charge is -2.09. The molecule has 158 valence electrons. The van der Waals surface area contributed by atoms with Crippen LogP contribution in [0, 0.1) is 5.82 Å². The first-order chi connectivity index (χ1) is 15.1. The molecule has 3 aromatic heterocycles. The number of hydrogen-bond donors (Lipinski definition) is 2. The predicted molar refractivity (Wildman–Crippen MR) is 124 cm³/mol. The van der Waals surface area contributed by atoms with Crippen molar-refractivity contribution < 1.29 is 9.18 Å². The van der Waals surface area contributed by atoms with Gasteiger partial charge >= 0.3 is 0 Å². The third-order valence-corrected chi connectivity index (χ3v) is 7.85. The van der Waals surface area contributed by atoms with Crippen LogP contribution in [0.3, 0.4) is 0 Å². The Hall–Kier alpha value is -2.56. The number of carbonyl (C=O) groups is 1. The highest BCUT2D eigenvalue weighted by Gasteiger charge is 2.20. The Balaban J connectivity index is 1.25. The van der Waals surface area contributed by atoms with Crippen LogP contribution in [0.25, 0.3) is 21.5 Å². The number of halogens is 1. The van der Waals surface area contributed by atoms with Gasteiger partial charge in [0.1, 0.15) is 10.6 Å². The maximum Gasteiger partial charge on any atom is 0.260 e. The second-order valence-electron chi connectivity index (χ2n) is 7.14. The number of rotatable bonds is 5. The number of nitrogens with zero attached hydrogens (tertiary/aromatic N) is 2. The van der Waals surface area contributed by atoms with Gasteiger partial charge in [-0.1, -0.05) is 11.8 Å². The van der Waals surface area contributed by atoms with Crippen LogP contribution < -0.4 is 10.9 Å². The van der Waals surface area contributed by atoms with Gasteiger partial charge in [0.15, 0.2) is 10.3 Å². The summed E-state index contributed by atoms with van der Waals surface area (Å²) in [6.45, 7) is 0. The lowest BCUT2D eigenvalue weighted by Crippen LogP contribution is -2.15. The number of thiazole rings is 1. The number of hydrogen-bond acceptors (Lipinski definition) is 7. The summed E-state index contributed by atoms with van der Waals surface area (Å²) in [6, 6.07) is 6.04. The van der Waals surface area contributed by atoms with Gasteiger partial charge in [0.25, 0.3) is 5.56 Å². The second kappa shape index (κ2) is 8.52. The summed E-state index contributed by atoms with van der Waals surface area (Å²) in [5.74, 6) is -0.444. The Kier molecular flexibility index (Phi) is 5.59. The molecule has 6 nitrogen and oxygen atoms in total. The molecule has 0 unspecified atom stereocenters. The minimum absolute atomic E-state index is 0.102. The van der Waals surface area contributed by atoms with Gasteiger partial charge in [-0.15, -0.1) is 22.7 Å². The largest absolute Gasteiger partial charge is 0.301 e. The molecule has 0 saturated carbocycles. The third kappa shape index (κ3) is 4.28. The van der Waals surface area contributed by atoms with Gasteiger partial charge in [0.2, 0.25) is 5.91 Å². The Morgan fingerprint density at radius 1 is 1.19 bits per heavy atom. The first kappa shape index (κ1) is 20.3. The van der Waals surface area contributed by atoms with Crippen LogP contribution in [-0.2, 0) is 17.6 Å². The van der Waals surface area contributed by atoms with Crippen LogP contribution in [0.2, 0.25) is 0 Å². The van der Waals surface area contributed by atoms with Crippen molar-refractivity contribution >= 4 is 55.7 Å². The predicted octanol–water partition coefficient (Wildman–Crippen LogP) is 4.86. The summed E-state index contributed by atoms with van der Waals surface area (Å²) >= 11 is 4.08. The SMILES string of the molecule is O=C(CSc1nc2sc3c(c2c(=O)[nH]1)CCCC3)Nc1nc(-c2ccc(F)cc2)cs1. The van der Waals surface area contributed by atoms with Crippen LogP contribution in [0.5, 0.6) is 0 Å². The van der Waals surface area contributed by atoms with Gasteiger partial charge in [-0.05, 0) is 55.5 Å². The Bertz CT molecular complexity index is 1330. The summed E-state index contributed by atoms with van der Waals surface area (Å²) in [7, 11) is 0. The summed E-state index contributed by atoms with van der Waals surface area (Å²) in [6.07, 6.45) is 4.20. The molecular formula is C21H17FN4O2S3. The number of anilines is 1. The van der Waals surface area contributed by atoms with Crippen molar-refractivity contribution in [3.8, 4) is 11.3 Å². The molecule has 0 bridgehead atoms. The molecule has 0 aliphatic heterocycles. The van der Waals surface area contributed by atoms with Crippen LogP contribution in [0.15, 0.2) is 39.6 Å². The Morgan fingerprint density at radius 2 is 2.00 bits per heavy atom. The number of aromatic amines is 1. The zero-order chi connectivity index (χ0) is 21.4. The lowest BCUT2D eigenvalue weighted by molar-refractivity contribution is -0.113. The van der Waals surface area contributed by atoms with E-state index in [2.05, 4.69) is 20.3 Å². The maximum absolute atomic E-state index is 13.1. The highest BCUT2D eigenvalue weighted by Crippen LogP contribution is 2.34. The molecule has 3 heterocycles. The average Bonchev–Trinajstić information content (AvgIpc) is 3.37. The average molecular weight is 473 g/mol. The number of thioether (sulfide) groups is 1. The molecule has 5 rings (SSSR count). The van der Waals surface area contributed by atoms with E-state index >= 15 is 0 Å². The summed E-state index contributed by atoms with van der Waals surface area (Å²) in [5.41, 5.74) is 2.47. The van der Waals surface area contributed by atoms with Crippen molar-refractivity contribution in [2.24, 2.45) is 0 Å². The van der Waals surface area contributed by atoms with E-state index in [0.717, 1.165) is 41.6 Å². The van der Waals surface area contributed by atoms with Crippen molar-refractivity contribution in [2.45, 2.75) is 30.8 Å². The van der Waals surface area contributed by atoms with E-state index in [-0.39, 0.29) is 23.0 Å². The molecule has 1 amide bonds. The molecular weight excluding hydrogens is 455 g/mol. The van der Waals surface area contributed by atoms with Gasteiger partial charge in [0, 0.05) is 15.8 Å². The number of aryl methyl sites for hydroxylation is 2. The normalized spacial score (nSPS) is 13.3. The quantitative estimate of drug-likeness (QED) is 0.320. The number of thiophene rings is 1. The molecule has 4 aromatic rings. The number of carbonyl (C=O) groups excluding carboxylic acids is 1. The van der Waals surface area contributed by atoms with E-state index in [1.165, 1.54) is 40.1 Å². The second-order valence-corrected chi connectivity index (χ2v) is 10.0. The van der Waals surface area contributed by atoms with Gasteiger partial charge in [-0.3, -0.25) is 9.59 Å². The fourth-order valence-electron chi connectivity index (χ4n) is 3.59. The fraction of sp³-hybridized carbons (Fsp3) is 0.238. The number of H-pyrrole nitrogens is 1. The summed E-state index contributed by atoms with van der Waals surface area (Å²) in [5, 5.41) is 6.19. The minimum atomic E-state index is -0.308. The summed E-state index contributed by atoms with van der Waals surface area (Å²) in [4.78, 5) is 38.7. The van der Waals surface area contributed by atoms with Crippen molar-refractivity contribution in [2.75, 3.05) is 11.1 Å². The van der Waals surface area contributed by atoms with Gasteiger partial charge in [0.05, 0.1) is 16.8 Å². The zero-order valence-electron chi connectivity index (χ0n) is 16.2. The van der Waals surface area contributed by atoms with Crippen LogP contribution in [0.1, 0.15) is 23.3 Å². The van der Waals surface area contributed by atoms with E-state index in [1.807, 2.05) is 5.38 Å². The lowest BCUT2D eigenvalue weighted by atomic mass is 9.97. The maximum atomic E-state index is 13.1. The monoisotopic (exact) mass is 472 g/mol. The molecule has 1 aliphatic carbocycles. The van der Waals surface area contributed by atoms with Gasteiger partial charge in [-0.2, -0.15) is 0 Å². The third-order valence-electron chi connectivity index (χ3n) is 5.03. The molecule has 1 aliphatic rings. The van der Waals surface area contributed by atoms with E-state index in [9.17, 15) is 14.0 Å². The summed E-state index contributed by atoms with van der Waals surface area (Å²) < 4.78 is 13.1. The van der Waals surface area contributed by atoms with Crippen LogP contribution >= 0.6 is 34.4 Å². The Labute approximate surface area is 189 Å². The highest BCUT2D eigenvalue weighted by atomic mass is 32.2. The van der Waals surface area contributed by atoms with Crippen molar-refractivity contribution in [3.63, 3.8) is 0 Å². The van der Waals surface area contributed by atoms with E-state index < -0.39 is 0 Å². The fourth-order valence-corrected chi connectivity index (χ4v) is 6.30. The van der Waals surface area contributed by atoms with Crippen LogP contribution in [-0.4, -0.2) is 26.6 Å². The molecule has 0 radical (unpaired) electrons. The van der Waals surface area contributed by atoms with Crippen LogP contribution in [0.4, 0.5) is 9.52 Å². The topological polar surface area (TPSA) is 87.7 Å². The number of aromatic nitrogens is 3. The van der Waals surface area contributed by atoms with E-state index in [0.29, 0.717) is 21.4 Å².